The molecule has 0 radical (unpaired) electrons. The van der Waals surface area contributed by atoms with Gasteiger partial charge < -0.3 is 4.90 Å². The second-order valence-electron chi connectivity index (χ2n) is 5.53. The first-order valence-corrected chi connectivity index (χ1v) is 8.03. The zero-order chi connectivity index (χ0) is 15.1. The summed E-state index contributed by atoms with van der Waals surface area (Å²) in [5.74, 6) is 0. The number of unbranched alkanes of at least 4 members (excludes halogenated alkanes) is 2. The number of fused-ring (bicyclic) bond motifs is 1. The van der Waals surface area contributed by atoms with Gasteiger partial charge in [-0.05, 0) is 30.4 Å². The van der Waals surface area contributed by atoms with Crippen LogP contribution in [0, 0.1) is 0 Å². The summed E-state index contributed by atoms with van der Waals surface area (Å²) in [6.07, 6.45) is 5.76. The van der Waals surface area contributed by atoms with Gasteiger partial charge in [-0.2, -0.15) is 0 Å². The highest BCUT2D eigenvalue weighted by Gasteiger charge is 2.11. The van der Waals surface area contributed by atoms with Gasteiger partial charge in [0, 0.05) is 29.7 Å². The van der Waals surface area contributed by atoms with Crippen LogP contribution >= 0.6 is 0 Å². The van der Waals surface area contributed by atoms with Crippen molar-refractivity contribution in [3.8, 4) is 0 Å². The molecule has 0 unspecified atom stereocenters. The third-order valence-corrected chi connectivity index (χ3v) is 3.97. The van der Waals surface area contributed by atoms with E-state index in [1.807, 2.05) is 18.2 Å². The van der Waals surface area contributed by atoms with Crippen LogP contribution < -0.4 is 4.90 Å². The Kier molecular flexibility index (Phi) is 5.79. The summed E-state index contributed by atoms with van der Waals surface area (Å²) >= 11 is 0. The molecule has 0 aliphatic rings. The molecule has 0 fully saturated rings. The van der Waals surface area contributed by atoms with Crippen molar-refractivity contribution in [2.24, 2.45) is 0 Å². The van der Waals surface area contributed by atoms with E-state index < -0.39 is 0 Å². The van der Waals surface area contributed by atoms with E-state index in [1.54, 1.807) is 0 Å². The topological polar surface area (TPSA) is 20.3 Å². The summed E-state index contributed by atoms with van der Waals surface area (Å²) in [6, 6.07) is 12.3. The highest BCUT2D eigenvalue weighted by atomic mass is 16.1. The Morgan fingerprint density at radius 1 is 0.905 bits per heavy atom. The molecule has 0 aliphatic heterocycles. The van der Waals surface area contributed by atoms with Crippen LogP contribution in [0.15, 0.2) is 36.4 Å². The number of carbonyl (C=O) groups excluding carboxylic acids is 1. The van der Waals surface area contributed by atoms with Gasteiger partial charge in [0.2, 0.25) is 0 Å². The maximum Gasteiger partial charge on any atom is 0.150 e. The molecule has 0 atom stereocenters. The Morgan fingerprint density at radius 2 is 1.52 bits per heavy atom. The minimum atomic E-state index is 0.778. The van der Waals surface area contributed by atoms with Crippen molar-refractivity contribution in [2.75, 3.05) is 18.0 Å². The lowest BCUT2D eigenvalue weighted by atomic mass is 10.0. The van der Waals surface area contributed by atoms with Gasteiger partial charge in [0.15, 0.2) is 6.29 Å². The first kappa shape index (κ1) is 15.6. The van der Waals surface area contributed by atoms with Crippen LogP contribution in [0.2, 0.25) is 0 Å². The highest BCUT2D eigenvalue weighted by Crippen LogP contribution is 2.29. The van der Waals surface area contributed by atoms with Crippen molar-refractivity contribution in [1.29, 1.82) is 0 Å². The smallest absolute Gasteiger partial charge is 0.150 e. The quantitative estimate of drug-likeness (QED) is 0.631. The van der Waals surface area contributed by atoms with Gasteiger partial charge >= 0.3 is 0 Å². The van der Waals surface area contributed by atoms with Crippen LogP contribution in [0.25, 0.3) is 10.8 Å². The molecule has 0 saturated heterocycles. The van der Waals surface area contributed by atoms with E-state index in [2.05, 4.69) is 36.9 Å². The second kappa shape index (κ2) is 7.82. The van der Waals surface area contributed by atoms with Gasteiger partial charge in [0.1, 0.15) is 0 Å². The molecule has 0 amide bonds. The Morgan fingerprint density at radius 3 is 2.10 bits per heavy atom. The molecule has 0 spiro atoms. The average molecular weight is 283 g/mol. The number of nitrogens with zero attached hydrogens (tertiary/aromatic N) is 1. The van der Waals surface area contributed by atoms with Crippen molar-refractivity contribution in [3.05, 3.63) is 42.0 Å². The predicted octanol–water partition coefficient (Wildman–Crippen LogP) is 5.06. The summed E-state index contributed by atoms with van der Waals surface area (Å²) < 4.78 is 0. The van der Waals surface area contributed by atoms with Gasteiger partial charge in [-0.3, -0.25) is 4.79 Å². The summed E-state index contributed by atoms with van der Waals surface area (Å²) in [6.45, 7) is 6.62. The third-order valence-electron chi connectivity index (χ3n) is 3.97. The van der Waals surface area contributed by atoms with Crippen LogP contribution in [0.3, 0.4) is 0 Å². The monoisotopic (exact) mass is 283 g/mol. The van der Waals surface area contributed by atoms with Crippen molar-refractivity contribution in [2.45, 2.75) is 39.5 Å². The highest BCUT2D eigenvalue weighted by molar-refractivity contribution is 6.04. The average Bonchev–Trinajstić information content (AvgIpc) is 2.54. The Bertz CT molecular complexity index is 583. The minimum absolute atomic E-state index is 0.778. The number of benzene rings is 2. The molecule has 0 N–H and O–H groups in total. The molecule has 0 aliphatic carbocycles. The maximum atomic E-state index is 11.2. The molecule has 2 aromatic carbocycles. The molecule has 0 heterocycles. The van der Waals surface area contributed by atoms with E-state index in [9.17, 15) is 4.79 Å². The number of carbonyl (C=O) groups is 1. The summed E-state index contributed by atoms with van der Waals surface area (Å²) in [5, 5.41) is 2.25. The standard InChI is InChI=1S/C19H25NO/c1-3-5-13-20(14-6-4-2)19-12-11-16(15-21)17-9-7-8-10-18(17)19/h7-12,15H,3-6,13-14H2,1-2H3. The van der Waals surface area contributed by atoms with Crippen LogP contribution in [0.4, 0.5) is 5.69 Å². The maximum absolute atomic E-state index is 11.2. The van der Waals surface area contributed by atoms with Gasteiger partial charge in [0.05, 0.1) is 0 Å². The first-order valence-electron chi connectivity index (χ1n) is 8.03. The van der Waals surface area contributed by atoms with E-state index in [0.717, 1.165) is 30.3 Å². The van der Waals surface area contributed by atoms with Gasteiger partial charge in [-0.25, -0.2) is 0 Å². The van der Waals surface area contributed by atoms with Crippen LogP contribution in [0.1, 0.15) is 49.9 Å². The number of anilines is 1. The lowest BCUT2D eigenvalue weighted by Crippen LogP contribution is -2.25. The van der Waals surface area contributed by atoms with E-state index in [4.69, 9.17) is 0 Å². The molecule has 2 nitrogen and oxygen atoms in total. The third kappa shape index (κ3) is 3.63. The largest absolute Gasteiger partial charge is 0.371 e. The number of rotatable bonds is 8. The lowest BCUT2D eigenvalue weighted by molar-refractivity contribution is 0.112. The number of hydrogen-bond acceptors (Lipinski definition) is 2. The van der Waals surface area contributed by atoms with Crippen LogP contribution in [-0.4, -0.2) is 19.4 Å². The predicted molar refractivity (Wildman–Crippen MR) is 91.4 cm³/mol. The molecule has 0 aromatic heterocycles. The van der Waals surface area contributed by atoms with Crippen molar-refractivity contribution >= 4 is 22.7 Å². The van der Waals surface area contributed by atoms with Crippen molar-refractivity contribution in [3.63, 3.8) is 0 Å². The Balaban J connectivity index is 2.44. The Labute approximate surface area is 127 Å². The molecule has 2 heteroatoms. The zero-order valence-corrected chi connectivity index (χ0v) is 13.1. The molecule has 21 heavy (non-hydrogen) atoms. The molecule has 0 saturated carbocycles. The van der Waals surface area contributed by atoms with E-state index >= 15 is 0 Å². The van der Waals surface area contributed by atoms with Gasteiger partial charge in [0.25, 0.3) is 0 Å². The summed E-state index contributed by atoms with van der Waals surface area (Å²) in [7, 11) is 0. The van der Waals surface area contributed by atoms with E-state index in [1.165, 1.54) is 36.8 Å². The SMILES string of the molecule is CCCCN(CCCC)c1ccc(C=O)c2ccccc12. The fraction of sp³-hybridized carbons (Fsp3) is 0.421. The van der Waals surface area contributed by atoms with Gasteiger partial charge in [-0.1, -0.05) is 51.0 Å². The Hall–Kier alpha value is -1.83. The fourth-order valence-corrected chi connectivity index (χ4v) is 2.74. The summed E-state index contributed by atoms with van der Waals surface area (Å²) in [5.41, 5.74) is 2.04. The summed E-state index contributed by atoms with van der Waals surface area (Å²) in [4.78, 5) is 13.7. The van der Waals surface area contributed by atoms with Gasteiger partial charge in [-0.15, -0.1) is 0 Å². The van der Waals surface area contributed by atoms with Crippen molar-refractivity contribution < 1.29 is 4.79 Å². The second-order valence-corrected chi connectivity index (χ2v) is 5.53. The molecular weight excluding hydrogens is 258 g/mol. The molecule has 2 aromatic rings. The van der Waals surface area contributed by atoms with Crippen molar-refractivity contribution in [1.82, 2.24) is 0 Å². The van der Waals surface area contributed by atoms with Crippen LogP contribution in [0.5, 0.6) is 0 Å². The number of aldehydes is 1. The van der Waals surface area contributed by atoms with E-state index in [0.29, 0.717) is 0 Å². The fourth-order valence-electron chi connectivity index (χ4n) is 2.74. The van der Waals surface area contributed by atoms with Crippen LogP contribution in [-0.2, 0) is 0 Å². The lowest BCUT2D eigenvalue weighted by Gasteiger charge is -2.26. The number of hydrogen-bond donors (Lipinski definition) is 0. The zero-order valence-electron chi connectivity index (χ0n) is 13.1. The normalized spacial score (nSPS) is 10.8. The first-order chi connectivity index (χ1) is 10.3. The van der Waals surface area contributed by atoms with E-state index in [-0.39, 0.29) is 0 Å². The molecule has 0 bridgehead atoms. The molecular formula is C19H25NO. The molecule has 2 rings (SSSR count). The molecule has 112 valence electrons. The minimum Gasteiger partial charge on any atom is -0.371 e.